The van der Waals surface area contributed by atoms with Crippen molar-refractivity contribution in [2.45, 2.75) is 26.3 Å². The van der Waals surface area contributed by atoms with Gasteiger partial charge in [-0.15, -0.1) is 0 Å². The summed E-state index contributed by atoms with van der Waals surface area (Å²) in [6.45, 7) is 10.7. The Kier molecular flexibility index (Phi) is 5.35. The topological polar surface area (TPSA) is 24.5 Å². The predicted octanol–water partition coefficient (Wildman–Crippen LogP) is 0.707. The van der Waals surface area contributed by atoms with E-state index >= 15 is 0 Å². The van der Waals surface area contributed by atoms with Crippen molar-refractivity contribution in [2.24, 2.45) is 0 Å². The van der Waals surface area contributed by atoms with Crippen molar-refractivity contribution in [2.75, 3.05) is 39.4 Å². The van der Waals surface area contributed by atoms with E-state index in [1.807, 2.05) is 0 Å². The molecule has 0 amide bonds. The van der Waals surface area contributed by atoms with Gasteiger partial charge in [-0.05, 0) is 19.9 Å². The highest BCUT2D eigenvalue weighted by Gasteiger charge is 2.17. The van der Waals surface area contributed by atoms with Gasteiger partial charge in [-0.25, -0.2) is 0 Å². The number of hydrogen-bond donors (Lipinski definition) is 1. The molecule has 13 heavy (non-hydrogen) atoms. The molecule has 0 saturated carbocycles. The number of morpholine rings is 1. The van der Waals surface area contributed by atoms with Gasteiger partial charge < -0.3 is 10.1 Å². The minimum atomic E-state index is 0.595. The standard InChI is InChI=1S/C10H22N2O/c1-3-4-11-5-6-12-7-8-13-9-10(12)2/h10-11H,3-9H2,1-2H3. The van der Waals surface area contributed by atoms with Gasteiger partial charge in [0.1, 0.15) is 0 Å². The Balaban J connectivity index is 2.05. The fourth-order valence-electron chi connectivity index (χ4n) is 1.62. The summed E-state index contributed by atoms with van der Waals surface area (Å²) in [6, 6.07) is 0.595. The van der Waals surface area contributed by atoms with Crippen molar-refractivity contribution in [3.8, 4) is 0 Å². The molecule has 1 aliphatic heterocycles. The zero-order valence-corrected chi connectivity index (χ0v) is 8.88. The van der Waals surface area contributed by atoms with Crippen molar-refractivity contribution in [3.63, 3.8) is 0 Å². The summed E-state index contributed by atoms with van der Waals surface area (Å²) in [5.41, 5.74) is 0. The Hall–Kier alpha value is -0.120. The maximum atomic E-state index is 5.38. The molecular formula is C10H22N2O. The molecule has 1 atom stereocenters. The lowest BCUT2D eigenvalue weighted by Gasteiger charge is -2.33. The van der Waals surface area contributed by atoms with Gasteiger partial charge in [0, 0.05) is 25.7 Å². The van der Waals surface area contributed by atoms with E-state index in [1.165, 1.54) is 6.42 Å². The van der Waals surface area contributed by atoms with E-state index < -0.39 is 0 Å². The molecule has 3 heteroatoms. The highest BCUT2D eigenvalue weighted by Crippen LogP contribution is 2.04. The van der Waals surface area contributed by atoms with E-state index in [0.29, 0.717) is 6.04 Å². The van der Waals surface area contributed by atoms with Gasteiger partial charge in [0.15, 0.2) is 0 Å². The van der Waals surface area contributed by atoms with Crippen molar-refractivity contribution >= 4 is 0 Å². The van der Waals surface area contributed by atoms with E-state index in [1.54, 1.807) is 0 Å². The molecule has 1 aliphatic rings. The SMILES string of the molecule is CCCNCCN1CCOCC1C. The second-order valence-corrected chi connectivity index (χ2v) is 3.71. The quantitative estimate of drug-likeness (QED) is 0.640. The largest absolute Gasteiger partial charge is 0.379 e. The monoisotopic (exact) mass is 186 g/mol. The van der Waals surface area contributed by atoms with Gasteiger partial charge in [0.05, 0.1) is 13.2 Å². The summed E-state index contributed by atoms with van der Waals surface area (Å²) in [6.07, 6.45) is 1.22. The molecule has 0 aromatic heterocycles. The zero-order chi connectivity index (χ0) is 9.52. The molecule has 1 saturated heterocycles. The fraction of sp³-hybridized carbons (Fsp3) is 1.00. The molecule has 1 unspecified atom stereocenters. The lowest BCUT2D eigenvalue weighted by atomic mass is 10.2. The van der Waals surface area contributed by atoms with Crippen LogP contribution >= 0.6 is 0 Å². The molecule has 0 aromatic carbocycles. The van der Waals surface area contributed by atoms with Gasteiger partial charge in [-0.3, -0.25) is 4.90 Å². The summed E-state index contributed by atoms with van der Waals surface area (Å²) in [7, 11) is 0. The summed E-state index contributed by atoms with van der Waals surface area (Å²) in [4.78, 5) is 2.49. The lowest BCUT2D eigenvalue weighted by Crippen LogP contribution is -2.46. The first kappa shape index (κ1) is 11.0. The van der Waals surface area contributed by atoms with Crippen LogP contribution in [0.3, 0.4) is 0 Å². The van der Waals surface area contributed by atoms with Crippen LogP contribution in [0.1, 0.15) is 20.3 Å². The third kappa shape index (κ3) is 4.07. The average Bonchev–Trinajstić information content (AvgIpc) is 2.15. The second kappa shape index (κ2) is 6.35. The zero-order valence-electron chi connectivity index (χ0n) is 8.88. The number of nitrogens with zero attached hydrogens (tertiary/aromatic N) is 1. The van der Waals surface area contributed by atoms with Crippen LogP contribution in [0.4, 0.5) is 0 Å². The third-order valence-electron chi connectivity index (χ3n) is 2.51. The number of hydrogen-bond acceptors (Lipinski definition) is 3. The minimum Gasteiger partial charge on any atom is -0.379 e. The van der Waals surface area contributed by atoms with E-state index in [0.717, 1.165) is 39.4 Å². The van der Waals surface area contributed by atoms with Gasteiger partial charge >= 0.3 is 0 Å². The Morgan fingerprint density at radius 1 is 1.46 bits per heavy atom. The van der Waals surface area contributed by atoms with Gasteiger partial charge in [-0.2, -0.15) is 0 Å². The van der Waals surface area contributed by atoms with E-state index in [2.05, 4.69) is 24.1 Å². The smallest absolute Gasteiger partial charge is 0.0619 e. The molecule has 78 valence electrons. The molecule has 1 fully saturated rings. The number of nitrogens with one attached hydrogen (secondary N) is 1. The Labute approximate surface area is 81.4 Å². The molecule has 1 rings (SSSR count). The Morgan fingerprint density at radius 2 is 2.31 bits per heavy atom. The maximum Gasteiger partial charge on any atom is 0.0619 e. The van der Waals surface area contributed by atoms with E-state index in [-0.39, 0.29) is 0 Å². The van der Waals surface area contributed by atoms with Crippen LogP contribution in [0.5, 0.6) is 0 Å². The molecule has 0 aromatic rings. The average molecular weight is 186 g/mol. The van der Waals surface area contributed by atoms with Crippen LogP contribution in [0.2, 0.25) is 0 Å². The van der Waals surface area contributed by atoms with Crippen molar-refractivity contribution in [1.82, 2.24) is 10.2 Å². The Bertz CT molecular complexity index is 130. The molecule has 0 bridgehead atoms. The lowest BCUT2D eigenvalue weighted by molar-refractivity contribution is 0.000462. The highest BCUT2D eigenvalue weighted by atomic mass is 16.5. The van der Waals surface area contributed by atoms with Crippen LogP contribution in [-0.2, 0) is 4.74 Å². The van der Waals surface area contributed by atoms with E-state index in [4.69, 9.17) is 4.74 Å². The van der Waals surface area contributed by atoms with Gasteiger partial charge in [-0.1, -0.05) is 6.92 Å². The summed E-state index contributed by atoms with van der Waals surface area (Å²) in [5, 5.41) is 3.42. The number of ether oxygens (including phenoxy) is 1. The first-order valence-corrected chi connectivity index (χ1v) is 5.37. The minimum absolute atomic E-state index is 0.595. The number of rotatable bonds is 5. The maximum absolute atomic E-state index is 5.38. The molecule has 1 N–H and O–H groups in total. The van der Waals surface area contributed by atoms with Crippen LogP contribution in [0.15, 0.2) is 0 Å². The predicted molar refractivity (Wildman–Crippen MR) is 55.0 cm³/mol. The Morgan fingerprint density at radius 3 is 3.00 bits per heavy atom. The van der Waals surface area contributed by atoms with Crippen LogP contribution < -0.4 is 5.32 Å². The molecule has 0 radical (unpaired) electrons. The highest BCUT2D eigenvalue weighted by molar-refractivity contribution is 4.71. The summed E-state index contributed by atoms with van der Waals surface area (Å²) >= 11 is 0. The first-order chi connectivity index (χ1) is 6.34. The van der Waals surface area contributed by atoms with Crippen molar-refractivity contribution in [3.05, 3.63) is 0 Å². The molecule has 0 spiro atoms. The summed E-state index contributed by atoms with van der Waals surface area (Å²) in [5.74, 6) is 0. The fourth-order valence-corrected chi connectivity index (χ4v) is 1.62. The second-order valence-electron chi connectivity index (χ2n) is 3.71. The molecular weight excluding hydrogens is 164 g/mol. The van der Waals surface area contributed by atoms with Gasteiger partial charge in [0.25, 0.3) is 0 Å². The first-order valence-electron chi connectivity index (χ1n) is 5.37. The van der Waals surface area contributed by atoms with Crippen LogP contribution in [0.25, 0.3) is 0 Å². The van der Waals surface area contributed by atoms with Crippen molar-refractivity contribution < 1.29 is 4.74 Å². The van der Waals surface area contributed by atoms with Crippen molar-refractivity contribution in [1.29, 1.82) is 0 Å². The molecule has 3 nitrogen and oxygen atoms in total. The molecule has 1 heterocycles. The summed E-state index contributed by atoms with van der Waals surface area (Å²) < 4.78 is 5.38. The van der Waals surface area contributed by atoms with Gasteiger partial charge in [0.2, 0.25) is 0 Å². The molecule has 0 aliphatic carbocycles. The van der Waals surface area contributed by atoms with Crippen LogP contribution in [0, 0.1) is 0 Å². The van der Waals surface area contributed by atoms with Crippen LogP contribution in [-0.4, -0.2) is 50.3 Å². The van der Waals surface area contributed by atoms with E-state index in [9.17, 15) is 0 Å². The normalized spacial score (nSPS) is 24.9. The third-order valence-corrected chi connectivity index (χ3v) is 2.51.